The zero-order valence-electron chi connectivity index (χ0n) is 17.3. The third kappa shape index (κ3) is 4.75. The lowest BCUT2D eigenvalue weighted by molar-refractivity contribution is -0.144. The number of esters is 1. The highest BCUT2D eigenvalue weighted by molar-refractivity contribution is 5.86. The number of methoxy groups -OCH3 is 1. The van der Waals surface area contributed by atoms with Crippen LogP contribution in [0.2, 0.25) is 0 Å². The highest BCUT2D eigenvalue weighted by Gasteiger charge is 2.63. The number of alkyl carbamates (subject to hydrolysis) is 1. The van der Waals surface area contributed by atoms with E-state index in [1.165, 1.54) is 7.11 Å². The van der Waals surface area contributed by atoms with Crippen LogP contribution in [-0.2, 0) is 19.7 Å². The van der Waals surface area contributed by atoms with E-state index in [-0.39, 0.29) is 11.9 Å². The number of nitrogens with one attached hydrogen (secondary N) is 1. The Morgan fingerprint density at radius 1 is 1.31 bits per heavy atom. The van der Waals surface area contributed by atoms with Gasteiger partial charge in [0.05, 0.1) is 12.8 Å². The summed E-state index contributed by atoms with van der Waals surface area (Å²) in [5.74, 6) is 0.598. The number of rotatable bonds is 7. The predicted molar refractivity (Wildman–Crippen MR) is 107 cm³/mol. The molecule has 0 bridgehead atoms. The number of nitrogens with zero attached hydrogens (tertiary/aromatic N) is 3. The number of pyridine rings is 1. The van der Waals surface area contributed by atoms with Crippen molar-refractivity contribution in [3.63, 3.8) is 0 Å². The summed E-state index contributed by atoms with van der Waals surface area (Å²) in [6.07, 6.45) is 7.00. The summed E-state index contributed by atoms with van der Waals surface area (Å²) < 4.78 is 12.1. The Balaban J connectivity index is 1.60. The molecule has 1 fully saturated rings. The van der Waals surface area contributed by atoms with Crippen LogP contribution in [0.3, 0.4) is 0 Å². The predicted octanol–water partition coefficient (Wildman–Crippen LogP) is 3.00. The van der Waals surface area contributed by atoms with Crippen molar-refractivity contribution in [2.24, 2.45) is 5.92 Å². The summed E-state index contributed by atoms with van der Waals surface area (Å²) in [7, 11) is 1.40. The van der Waals surface area contributed by atoms with Gasteiger partial charge in [0.2, 0.25) is 0 Å². The van der Waals surface area contributed by atoms with E-state index in [1.54, 1.807) is 17.1 Å². The Bertz CT molecular complexity index is 859. The molecule has 0 aromatic carbocycles. The second-order valence-electron chi connectivity index (χ2n) is 8.29. The number of ether oxygens (including phenoxy) is 2. The maximum Gasteiger partial charge on any atom is 0.407 e. The van der Waals surface area contributed by atoms with Crippen LogP contribution in [0.15, 0.2) is 36.9 Å². The number of carbonyl (C=O) groups excluding carboxylic acids is 2. The van der Waals surface area contributed by atoms with Gasteiger partial charge in [-0.15, -0.1) is 0 Å². The molecule has 8 heteroatoms. The third-order valence-corrected chi connectivity index (χ3v) is 5.01. The molecule has 0 aliphatic heterocycles. The number of amides is 1. The molecule has 0 radical (unpaired) electrons. The third-order valence-electron chi connectivity index (χ3n) is 5.01. The summed E-state index contributed by atoms with van der Waals surface area (Å²) in [6.45, 7) is 5.97. The van der Waals surface area contributed by atoms with Crippen molar-refractivity contribution in [1.82, 2.24) is 19.9 Å². The van der Waals surface area contributed by atoms with Gasteiger partial charge in [0, 0.05) is 18.9 Å². The number of aromatic nitrogens is 3. The molecule has 1 aliphatic carbocycles. The van der Waals surface area contributed by atoms with Gasteiger partial charge < -0.3 is 14.8 Å². The first-order valence-electron chi connectivity index (χ1n) is 9.77. The maximum absolute atomic E-state index is 12.6. The molecular weight excluding hydrogens is 372 g/mol. The van der Waals surface area contributed by atoms with Crippen molar-refractivity contribution in [2.45, 2.75) is 51.0 Å². The molecule has 1 amide bonds. The van der Waals surface area contributed by atoms with Crippen LogP contribution in [0.25, 0.3) is 5.82 Å². The minimum Gasteiger partial charge on any atom is -0.468 e. The molecule has 2 aromatic heterocycles. The van der Waals surface area contributed by atoms with Crippen LogP contribution >= 0.6 is 0 Å². The molecule has 1 unspecified atom stereocenters. The van der Waals surface area contributed by atoms with E-state index in [0.29, 0.717) is 18.7 Å². The van der Waals surface area contributed by atoms with Crippen LogP contribution in [0.1, 0.15) is 45.7 Å². The topological polar surface area (TPSA) is 95.3 Å². The molecule has 3 rings (SSSR count). The van der Waals surface area contributed by atoms with Gasteiger partial charge in [-0.25, -0.2) is 14.8 Å². The van der Waals surface area contributed by atoms with Gasteiger partial charge in [0.15, 0.2) is 0 Å². The highest BCUT2D eigenvalue weighted by atomic mass is 16.6. The van der Waals surface area contributed by atoms with Crippen molar-refractivity contribution in [3.05, 3.63) is 42.6 Å². The number of carbonyl (C=O) groups is 2. The second-order valence-corrected chi connectivity index (χ2v) is 8.29. The molecule has 8 nitrogen and oxygen atoms in total. The fourth-order valence-electron chi connectivity index (χ4n) is 3.57. The van der Waals surface area contributed by atoms with Crippen LogP contribution in [-0.4, -0.2) is 45.9 Å². The quantitative estimate of drug-likeness (QED) is 0.567. The lowest BCUT2D eigenvalue weighted by atomic mass is 9.97. The molecule has 2 atom stereocenters. The van der Waals surface area contributed by atoms with Crippen LogP contribution < -0.4 is 5.32 Å². The Kier molecular flexibility index (Phi) is 5.91. The Labute approximate surface area is 170 Å². The van der Waals surface area contributed by atoms with Gasteiger partial charge in [-0.2, -0.15) is 0 Å². The Morgan fingerprint density at radius 3 is 2.76 bits per heavy atom. The number of hydrogen-bond donors (Lipinski definition) is 1. The van der Waals surface area contributed by atoms with E-state index in [9.17, 15) is 9.59 Å². The van der Waals surface area contributed by atoms with Gasteiger partial charge >= 0.3 is 12.1 Å². The smallest absolute Gasteiger partial charge is 0.407 e. The van der Waals surface area contributed by atoms with Crippen LogP contribution in [0.4, 0.5) is 4.79 Å². The SMILES string of the molecule is COC(=O)C1(c2cn(-c3ccccn3)cn2)C[C@@H]1CCCNC(=O)OC(C)(C)C. The van der Waals surface area contributed by atoms with Gasteiger partial charge in [0.25, 0.3) is 0 Å². The van der Waals surface area contributed by atoms with Gasteiger partial charge in [-0.3, -0.25) is 9.36 Å². The van der Waals surface area contributed by atoms with E-state index >= 15 is 0 Å². The van der Waals surface area contributed by atoms with Crippen molar-refractivity contribution >= 4 is 12.1 Å². The number of hydrogen-bond acceptors (Lipinski definition) is 6. The lowest BCUT2D eigenvalue weighted by Gasteiger charge is -2.19. The fourth-order valence-corrected chi connectivity index (χ4v) is 3.57. The van der Waals surface area contributed by atoms with E-state index < -0.39 is 17.1 Å². The lowest BCUT2D eigenvalue weighted by Crippen LogP contribution is -2.33. The van der Waals surface area contributed by atoms with Crippen LogP contribution in [0, 0.1) is 5.92 Å². The Morgan fingerprint density at radius 2 is 2.10 bits per heavy atom. The second kappa shape index (κ2) is 8.23. The molecule has 0 saturated heterocycles. The van der Waals surface area contributed by atoms with E-state index in [4.69, 9.17) is 9.47 Å². The van der Waals surface area contributed by atoms with Gasteiger partial charge in [-0.05, 0) is 58.1 Å². The largest absolute Gasteiger partial charge is 0.468 e. The molecule has 2 heterocycles. The van der Waals surface area contributed by atoms with Crippen molar-refractivity contribution in [1.29, 1.82) is 0 Å². The zero-order valence-corrected chi connectivity index (χ0v) is 17.3. The molecule has 1 N–H and O–H groups in total. The van der Waals surface area contributed by atoms with Crippen molar-refractivity contribution < 1.29 is 19.1 Å². The van der Waals surface area contributed by atoms with Crippen molar-refractivity contribution in [3.8, 4) is 5.82 Å². The normalized spacial score (nSPS) is 20.8. The van der Waals surface area contributed by atoms with E-state index in [0.717, 1.165) is 18.7 Å². The first kappa shape index (κ1) is 20.8. The first-order valence-corrected chi connectivity index (χ1v) is 9.77. The molecule has 0 spiro atoms. The van der Waals surface area contributed by atoms with Gasteiger partial charge in [-0.1, -0.05) is 6.07 Å². The summed E-state index contributed by atoms with van der Waals surface area (Å²) >= 11 is 0. The molecular formula is C21H28N4O4. The summed E-state index contributed by atoms with van der Waals surface area (Å²) in [6, 6.07) is 5.62. The minimum absolute atomic E-state index is 0.127. The van der Waals surface area contributed by atoms with Crippen LogP contribution in [0.5, 0.6) is 0 Å². The number of imidazole rings is 1. The fraction of sp³-hybridized carbons (Fsp3) is 0.524. The first-order chi connectivity index (χ1) is 13.8. The molecule has 156 valence electrons. The zero-order chi connectivity index (χ0) is 21.1. The maximum atomic E-state index is 12.6. The molecule has 2 aromatic rings. The molecule has 1 aliphatic rings. The average molecular weight is 400 g/mol. The molecule has 1 saturated carbocycles. The summed E-state index contributed by atoms with van der Waals surface area (Å²) in [5.41, 5.74) is -0.548. The molecule has 29 heavy (non-hydrogen) atoms. The average Bonchev–Trinajstić information content (AvgIpc) is 3.19. The monoisotopic (exact) mass is 400 g/mol. The standard InChI is InChI=1S/C21H28N4O4/c1-20(2,3)29-19(27)23-11-7-8-15-12-21(15,18(26)28-4)16-13-25(14-24-16)17-9-5-6-10-22-17/h5-6,9-10,13-15H,7-8,11-12H2,1-4H3,(H,23,27)/t15-,21?/m0/s1. The van der Waals surface area contributed by atoms with Crippen molar-refractivity contribution in [2.75, 3.05) is 13.7 Å². The Hall–Kier alpha value is -2.90. The van der Waals surface area contributed by atoms with Gasteiger partial charge in [0.1, 0.15) is 23.2 Å². The minimum atomic E-state index is -0.722. The van der Waals surface area contributed by atoms with E-state index in [2.05, 4.69) is 15.3 Å². The van der Waals surface area contributed by atoms with E-state index in [1.807, 2.05) is 45.2 Å². The summed E-state index contributed by atoms with van der Waals surface area (Å²) in [5, 5.41) is 2.75. The highest BCUT2D eigenvalue weighted by Crippen LogP contribution is 2.56. The summed E-state index contributed by atoms with van der Waals surface area (Å²) in [4.78, 5) is 33.1.